The van der Waals surface area contributed by atoms with E-state index in [1.165, 1.54) is 25.2 Å². The lowest BCUT2D eigenvalue weighted by molar-refractivity contribution is 0.112. The molecule has 0 saturated heterocycles. The predicted octanol–water partition coefficient (Wildman–Crippen LogP) is 3.23. The lowest BCUT2D eigenvalue weighted by Gasteiger charge is -2.12. The number of fused-ring (bicyclic) bond motifs is 1. The van der Waals surface area contributed by atoms with Crippen molar-refractivity contribution in [3.63, 3.8) is 0 Å². The van der Waals surface area contributed by atoms with Gasteiger partial charge in [0.2, 0.25) is 0 Å². The van der Waals surface area contributed by atoms with Crippen LogP contribution in [0, 0.1) is 5.82 Å². The lowest BCUT2D eigenvalue weighted by atomic mass is 10.0. The minimum atomic E-state index is -0.460. The second-order valence-corrected chi connectivity index (χ2v) is 5.73. The summed E-state index contributed by atoms with van der Waals surface area (Å²) in [5.74, 6) is -0.556. The molecule has 0 bridgehead atoms. The first-order valence-corrected chi connectivity index (χ1v) is 7.84. The molecular formula is C19H16FN3O3. The molecule has 6 nitrogen and oxygen atoms in total. The Hall–Kier alpha value is -3.48. The standard InChI is InChI=1S/C19H16FN3O3/c1-21-19(26)23-16-8-13(10-24)18(25)17-15(16)7-12(9-22-17)6-11-2-4-14(20)5-3-11/h2-5,7-10,25H,6H2,1H3,(H2,21,23,26). The van der Waals surface area contributed by atoms with Gasteiger partial charge >= 0.3 is 6.03 Å². The lowest BCUT2D eigenvalue weighted by Crippen LogP contribution is -2.24. The van der Waals surface area contributed by atoms with Crippen molar-refractivity contribution in [3.8, 4) is 5.75 Å². The van der Waals surface area contributed by atoms with Crippen molar-refractivity contribution in [2.45, 2.75) is 6.42 Å². The van der Waals surface area contributed by atoms with E-state index in [4.69, 9.17) is 0 Å². The van der Waals surface area contributed by atoms with Crippen LogP contribution in [0.1, 0.15) is 21.5 Å². The molecule has 2 amide bonds. The number of carbonyl (C=O) groups excluding carboxylic acids is 2. The Bertz CT molecular complexity index is 987. The predicted molar refractivity (Wildman–Crippen MR) is 96.1 cm³/mol. The summed E-state index contributed by atoms with van der Waals surface area (Å²) < 4.78 is 13.0. The number of benzene rings is 2. The van der Waals surface area contributed by atoms with E-state index < -0.39 is 6.03 Å². The number of nitrogens with one attached hydrogen (secondary N) is 2. The second-order valence-electron chi connectivity index (χ2n) is 5.73. The number of phenols is 1. The molecule has 0 aliphatic rings. The number of carbonyl (C=O) groups is 2. The van der Waals surface area contributed by atoms with E-state index in [1.54, 1.807) is 24.4 Å². The Balaban J connectivity index is 2.08. The van der Waals surface area contributed by atoms with Gasteiger partial charge < -0.3 is 15.7 Å². The molecule has 0 aliphatic carbocycles. The number of amides is 2. The molecule has 3 rings (SSSR count). The van der Waals surface area contributed by atoms with Crippen LogP contribution in [0.15, 0.2) is 42.6 Å². The van der Waals surface area contributed by atoms with Gasteiger partial charge in [0.05, 0.1) is 11.3 Å². The molecule has 1 aromatic heterocycles. The maximum atomic E-state index is 13.0. The minimum absolute atomic E-state index is 0.0303. The van der Waals surface area contributed by atoms with Crippen LogP contribution in [0.5, 0.6) is 5.75 Å². The van der Waals surface area contributed by atoms with Gasteiger partial charge in [-0.1, -0.05) is 12.1 Å². The van der Waals surface area contributed by atoms with Crippen molar-refractivity contribution in [2.24, 2.45) is 0 Å². The number of nitrogens with zero attached hydrogens (tertiary/aromatic N) is 1. The summed E-state index contributed by atoms with van der Waals surface area (Å²) in [6.07, 6.45) is 2.57. The molecule has 7 heteroatoms. The molecule has 0 spiro atoms. The molecule has 132 valence electrons. The summed E-state index contributed by atoms with van der Waals surface area (Å²) in [5.41, 5.74) is 2.30. The number of aromatic hydroxyl groups is 1. The van der Waals surface area contributed by atoms with E-state index >= 15 is 0 Å². The van der Waals surface area contributed by atoms with Crippen LogP contribution < -0.4 is 10.6 Å². The smallest absolute Gasteiger partial charge is 0.318 e. The van der Waals surface area contributed by atoms with Crippen LogP contribution in [0.2, 0.25) is 0 Å². The molecule has 0 aliphatic heterocycles. The van der Waals surface area contributed by atoms with Crippen molar-refractivity contribution < 1.29 is 19.1 Å². The Morgan fingerprint density at radius 2 is 1.96 bits per heavy atom. The molecule has 0 unspecified atom stereocenters. The largest absolute Gasteiger partial charge is 0.505 e. The third-order valence-electron chi connectivity index (χ3n) is 3.96. The number of halogens is 1. The topological polar surface area (TPSA) is 91.3 Å². The highest BCUT2D eigenvalue weighted by molar-refractivity contribution is 6.06. The Morgan fingerprint density at radius 1 is 1.23 bits per heavy atom. The van der Waals surface area contributed by atoms with Gasteiger partial charge in [-0.15, -0.1) is 0 Å². The number of hydrogen-bond donors (Lipinski definition) is 3. The summed E-state index contributed by atoms with van der Waals surface area (Å²) in [4.78, 5) is 27.1. The number of aromatic nitrogens is 1. The molecule has 1 heterocycles. The molecule has 0 atom stereocenters. The van der Waals surface area contributed by atoms with Gasteiger partial charge in [0.1, 0.15) is 11.3 Å². The Morgan fingerprint density at radius 3 is 2.62 bits per heavy atom. The summed E-state index contributed by atoms with van der Waals surface area (Å²) in [7, 11) is 1.47. The molecule has 26 heavy (non-hydrogen) atoms. The van der Waals surface area contributed by atoms with E-state index in [0.717, 1.165) is 11.1 Å². The van der Waals surface area contributed by atoms with Crippen molar-refractivity contribution in [1.82, 2.24) is 10.3 Å². The zero-order chi connectivity index (χ0) is 18.7. The van der Waals surface area contributed by atoms with Crippen molar-refractivity contribution in [2.75, 3.05) is 12.4 Å². The summed E-state index contributed by atoms with van der Waals surface area (Å²) in [6.45, 7) is 0. The van der Waals surface area contributed by atoms with Crippen molar-refractivity contribution in [3.05, 3.63) is 65.1 Å². The summed E-state index contributed by atoms with van der Waals surface area (Å²) in [6, 6.07) is 8.81. The van der Waals surface area contributed by atoms with Gasteiger partial charge in [0.25, 0.3) is 0 Å². The number of pyridine rings is 1. The Labute approximate surface area is 148 Å². The number of aldehydes is 1. The minimum Gasteiger partial charge on any atom is -0.505 e. The third-order valence-corrected chi connectivity index (χ3v) is 3.96. The van der Waals surface area contributed by atoms with E-state index in [-0.39, 0.29) is 22.6 Å². The average Bonchev–Trinajstić information content (AvgIpc) is 2.65. The van der Waals surface area contributed by atoms with E-state index in [9.17, 15) is 19.1 Å². The van der Waals surface area contributed by atoms with Gasteiger partial charge in [-0.05, 0) is 41.8 Å². The van der Waals surface area contributed by atoms with Crippen LogP contribution in [-0.4, -0.2) is 29.5 Å². The fourth-order valence-corrected chi connectivity index (χ4v) is 2.65. The summed E-state index contributed by atoms with van der Waals surface area (Å²) in [5, 5.41) is 15.8. The van der Waals surface area contributed by atoms with Crippen LogP contribution in [0.3, 0.4) is 0 Å². The molecule has 0 radical (unpaired) electrons. The number of rotatable bonds is 4. The third kappa shape index (κ3) is 3.46. The van der Waals surface area contributed by atoms with Gasteiger partial charge in [0, 0.05) is 18.6 Å². The number of urea groups is 1. The average molecular weight is 353 g/mol. The molecule has 0 saturated carbocycles. The van der Waals surface area contributed by atoms with Crippen LogP contribution in [0.25, 0.3) is 10.9 Å². The Kier molecular flexibility index (Phi) is 4.79. The zero-order valence-electron chi connectivity index (χ0n) is 13.9. The molecule has 3 N–H and O–H groups in total. The van der Waals surface area contributed by atoms with Crippen molar-refractivity contribution in [1.29, 1.82) is 0 Å². The van der Waals surface area contributed by atoms with E-state index in [2.05, 4.69) is 15.6 Å². The van der Waals surface area contributed by atoms with Gasteiger partial charge in [0.15, 0.2) is 12.0 Å². The van der Waals surface area contributed by atoms with Gasteiger partial charge in [-0.25, -0.2) is 9.18 Å². The van der Waals surface area contributed by atoms with Crippen LogP contribution in [0.4, 0.5) is 14.9 Å². The van der Waals surface area contributed by atoms with Gasteiger partial charge in [-0.3, -0.25) is 9.78 Å². The van der Waals surface area contributed by atoms with Crippen molar-refractivity contribution >= 4 is 28.9 Å². The quantitative estimate of drug-likeness (QED) is 0.496. The zero-order valence-corrected chi connectivity index (χ0v) is 13.9. The summed E-state index contributed by atoms with van der Waals surface area (Å²) >= 11 is 0. The fourth-order valence-electron chi connectivity index (χ4n) is 2.65. The van der Waals surface area contributed by atoms with E-state index in [0.29, 0.717) is 23.8 Å². The maximum absolute atomic E-state index is 13.0. The molecular weight excluding hydrogens is 337 g/mol. The second kappa shape index (κ2) is 7.18. The number of anilines is 1. The first-order chi connectivity index (χ1) is 12.5. The fraction of sp³-hybridized carbons (Fsp3) is 0.105. The highest BCUT2D eigenvalue weighted by atomic mass is 19.1. The first kappa shape index (κ1) is 17.3. The van der Waals surface area contributed by atoms with Crippen LogP contribution >= 0.6 is 0 Å². The monoisotopic (exact) mass is 353 g/mol. The molecule has 0 fully saturated rings. The SMILES string of the molecule is CNC(=O)Nc1cc(C=O)c(O)c2ncc(Cc3ccc(F)cc3)cc12. The molecule has 2 aromatic carbocycles. The normalized spacial score (nSPS) is 10.5. The van der Waals surface area contributed by atoms with E-state index in [1.807, 2.05) is 0 Å². The van der Waals surface area contributed by atoms with Gasteiger partial charge in [-0.2, -0.15) is 0 Å². The molecule has 3 aromatic rings. The number of phenolic OH excluding ortho intramolecular Hbond substituents is 1. The van der Waals surface area contributed by atoms with Crippen LogP contribution in [-0.2, 0) is 6.42 Å². The number of hydrogen-bond acceptors (Lipinski definition) is 4. The maximum Gasteiger partial charge on any atom is 0.318 e. The highest BCUT2D eigenvalue weighted by Gasteiger charge is 2.14. The first-order valence-electron chi connectivity index (χ1n) is 7.84. The highest BCUT2D eigenvalue weighted by Crippen LogP contribution is 2.33.